The average Bonchev–Trinajstić information content (AvgIpc) is 2.99. The normalized spacial score (nSPS) is 23.1. The molecule has 0 spiro atoms. The van der Waals surface area contributed by atoms with E-state index in [0.717, 1.165) is 0 Å². The minimum absolute atomic E-state index is 0.491. The molecule has 0 saturated heterocycles. The molecule has 0 saturated carbocycles. The lowest BCUT2D eigenvalue weighted by Crippen LogP contribution is -2.04. The van der Waals surface area contributed by atoms with Gasteiger partial charge in [0.25, 0.3) is 0 Å². The molecule has 0 amide bonds. The van der Waals surface area contributed by atoms with Crippen LogP contribution in [0.25, 0.3) is 11.1 Å². The van der Waals surface area contributed by atoms with Gasteiger partial charge in [-0.25, -0.2) is 0 Å². The molecule has 0 N–H and O–H groups in total. The predicted octanol–water partition coefficient (Wildman–Crippen LogP) is 5.39. The van der Waals surface area contributed by atoms with Crippen molar-refractivity contribution in [3.8, 4) is 0 Å². The molecule has 4 rings (SSSR count). The summed E-state index contributed by atoms with van der Waals surface area (Å²) in [5, 5.41) is 0. The minimum Gasteiger partial charge on any atom is -0.0725 e. The Balaban J connectivity index is 1.85. The van der Waals surface area contributed by atoms with Crippen LogP contribution >= 0.6 is 0 Å². The van der Waals surface area contributed by atoms with Gasteiger partial charge in [-0.05, 0) is 47.2 Å². The molecule has 2 aromatic carbocycles. The maximum atomic E-state index is 2.45. The van der Waals surface area contributed by atoms with Gasteiger partial charge in [0, 0.05) is 11.8 Å². The lowest BCUT2D eigenvalue weighted by atomic mass is 9.84. The Morgan fingerprint density at radius 1 is 0.600 bits per heavy atom. The summed E-state index contributed by atoms with van der Waals surface area (Å²) < 4.78 is 0. The average molecular weight is 258 g/mol. The highest BCUT2D eigenvalue weighted by Gasteiger charge is 2.32. The Bertz CT molecular complexity index is 681. The van der Waals surface area contributed by atoms with Crippen LogP contribution in [-0.2, 0) is 0 Å². The fourth-order valence-electron chi connectivity index (χ4n) is 3.79. The molecule has 2 atom stereocenters. The summed E-state index contributed by atoms with van der Waals surface area (Å²) in [5.74, 6) is 0.981. The SMILES string of the molecule is CC1=CC(C2C=C(C)c3ccccc32)c2ccccc21. The van der Waals surface area contributed by atoms with Crippen LogP contribution in [0.5, 0.6) is 0 Å². The number of benzene rings is 2. The lowest BCUT2D eigenvalue weighted by Gasteiger charge is -2.19. The Morgan fingerprint density at radius 3 is 1.45 bits per heavy atom. The topological polar surface area (TPSA) is 0 Å². The van der Waals surface area contributed by atoms with Crippen LogP contribution in [0.15, 0.2) is 60.7 Å². The lowest BCUT2D eigenvalue weighted by molar-refractivity contribution is 0.758. The van der Waals surface area contributed by atoms with Crippen molar-refractivity contribution < 1.29 is 0 Å². The maximum Gasteiger partial charge on any atom is 0.0134 e. The molecule has 0 fully saturated rings. The third-order valence-corrected chi connectivity index (χ3v) is 4.74. The van der Waals surface area contributed by atoms with E-state index in [9.17, 15) is 0 Å². The van der Waals surface area contributed by atoms with Crippen molar-refractivity contribution in [2.24, 2.45) is 0 Å². The van der Waals surface area contributed by atoms with Crippen LogP contribution in [0.2, 0.25) is 0 Å². The van der Waals surface area contributed by atoms with Gasteiger partial charge in [0.05, 0.1) is 0 Å². The van der Waals surface area contributed by atoms with Crippen molar-refractivity contribution >= 4 is 11.1 Å². The number of rotatable bonds is 1. The molecule has 2 aromatic rings. The van der Waals surface area contributed by atoms with Crippen LogP contribution in [0.4, 0.5) is 0 Å². The molecular weight excluding hydrogens is 240 g/mol. The van der Waals surface area contributed by atoms with E-state index in [2.05, 4.69) is 74.5 Å². The first kappa shape index (κ1) is 11.7. The van der Waals surface area contributed by atoms with Crippen molar-refractivity contribution in [3.63, 3.8) is 0 Å². The first-order valence-corrected chi connectivity index (χ1v) is 7.31. The minimum atomic E-state index is 0.491. The van der Waals surface area contributed by atoms with Crippen molar-refractivity contribution in [1.82, 2.24) is 0 Å². The second-order valence-corrected chi connectivity index (χ2v) is 5.93. The fourth-order valence-corrected chi connectivity index (χ4v) is 3.79. The summed E-state index contributed by atoms with van der Waals surface area (Å²) in [6, 6.07) is 17.7. The van der Waals surface area contributed by atoms with Crippen LogP contribution < -0.4 is 0 Å². The van der Waals surface area contributed by atoms with Crippen molar-refractivity contribution in [2.75, 3.05) is 0 Å². The number of fused-ring (bicyclic) bond motifs is 2. The Morgan fingerprint density at radius 2 is 1.00 bits per heavy atom. The largest absolute Gasteiger partial charge is 0.0725 e. The molecule has 0 radical (unpaired) electrons. The van der Waals surface area contributed by atoms with E-state index in [-0.39, 0.29) is 0 Å². The third-order valence-electron chi connectivity index (χ3n) is 4.74. The summed E-state index contributed by atoms with van der Waals surface area (Å²) >= 11 is 0. The summed E-state index contributed by atoms with van der Waals surface area (Å²) in [6.45, 7) is 4.46. The summed E-state index contributed by atoms with van der Waals surface area (Å²) in [6.07, 6.45) is 4.89. The number of hydrogen-bond donors (Lipinski definition) is 0. The summed E-state index contributed by atoms with van der Waals surface area (Å²) in [4.78, 5) is 0. The van der Waals surface area contributed by atoms with Gasteiger partial charge in [0.2, 0.25) is 0 Å². The molecule has 98 valence electrons. The van der Waals surface area contributed by atoms with Crippen LogP contribution in [0.1, 0.15) is 47.9 Å². The van der Waals surface area contributed by atoms with Crippen molar-refractivity contribution in [1.29, 1.82) is 0 Å². The molecule has 2 aliphatic rings. The zero-order chi connectivity index (χ0) is 13.7. The number of allylic oxidation sites excluding steroid dienone is 4. The zero-order valence-corrected chi connectivity index (χ0v) is 11.9. The highest BCUT2D eigenvalue weighted by Crippen LogP contribution is 2.49. The molecule has 2 aliphatic carbocycles. The van der Waals surface area contributed by atoms with E-state index in [1.807, 2.05) is 0 Å². The molecule has 2 unspecified atom stereocenters. The van der Waals surface area contributed by atoms with Gasteiger partial charge in [-0.3, -0.25) is 0 Å². The Hall–Kier alpha value is -2.08. The fraction of sp³-hybridized carbons (Fsp3) is 0.200. The monoisotopic (exact) mass is 258 g/mol. The van der Waals surface area contributed by atoms with Gasteiger partial charge in [-0.2, -0.15) is 0 Å². The van der Waals surface area contributed by atoms with Gasteiger partial charge >= 0.3 is 0 Å². The van der Waals surface area contributed by atoms with Gasteiger partial charge < -0.3 is 0 Å². The van der Waals surface area contributed by atoms with E-state index in [4.69, 9.17) is 0 Å². The van der Waals surface area contributed by atoms with E-state index in [0.29, 0.717) is 11.8 Å². The van der Waals surface area contributed by atoms with E-state index < -0.39 is 0 Å². The van der Waals surface area contributed by atoms with Crippen LogP contribution in [0.3, 0.4) is 0 Å². The highest BCUT2D eigenvalue weighted by atomic mass is 14.4. The van der Waals surface area contributed by atoms with E-state index >= 15 is 0 Å². The molecule has 0 aliphatic heterocycles. The van der Waals surface area contributed by atoms with Crippen molar-refractivity contribution in [3.05, 3.63) is 82.9 Å². The Labute approximate surface area is 120 Å². The highest BCUT2D eigenvalue weighted by molar-refractivity contribution is 5.78. The summed E-state index contributed by atoms with van der Waals surface area (Å²) in [7, 11) is 0. The second kappa shape index (κ2) is 4.21. The van der Waals surface area contributed by atoms with Crippen molar-refractivity contribution in [2.45, 2.75) is 25.7 Å². The summed E-state index contributed by atoms with van der Waals surface area (Å²) in [5.41, 5.74) is 8.65. The van der Waals surface area contributed by atoms with Gasteiger partial charge in [-0.15, -0.1) is 0 Å². The molecular formula is C20H18. The molecule has 20 heavy (non-hydrogen) atoms. The quantitative estimate of drug-likeness (QED) is 0.643. The van der Waals surface area contributed by atoms with Gasteiger partial charge in [-0.1, -0.05) is 60.7 Å². The van der Waals surface area contributed by atoms with E-state index in [1.54, 1.807) is 0 Å². The van der Waals surface area contributed by atoms with E-state index in [1.165, 1.54) is 33.4 Å². The maximum absolute atomic E-state index is 2.45. The zero-order valence-electron chi connectivity index (χ0n) is 11.9. The first-order valence-electron chi connectivity index (χ1n) is 7.31. The first-order chi connectivity index (χ1) is 9.75. The molecule has 0 heteroatoms. The standard InChI is InChI=1S/C20H18/c1-13-11-19(17-9-5-3-7-15(13)17)20-12-14(2)16-8-4-6-10-18(16)20/h3-12,19-20H,1-2H3. The number of hydrogen-bond acceptors (Lipinski definition) is 0. The van der Waals surface area contributed by atoms with Gasteiger partial charge in [0.1, 0.15) is 0 Å². The molecule has 0 aromatic heterocycles. The molecule has 0 bridgehead atoms. The molecule has 0 nitrogen and oxygen atoms in total. The third kappa shape index (κ3) is 1.54. The van der Waals surface area contributed by atoms with Crippen LogP contribution in [-0.4, -0.2) is 0 Å². The Kier molecular flexibility index (Phi) is 2.47. The molecule has 0 heterocycles. The second-order valence-electron chi connectivity index (χ2n) is 5.93. The smallest absolute Gasteiger partial charge is 0.0134 e. The van der Waals surface area contributed by atoms with Crippen LogP contribution in [0, 0.1) is 0 Å². The predicted molar refractivity (Wildman–Crippen MR) is 85.7 cm³/mol. The van der Waals surface area contributed by atoms with Gasteiger partial charge in [0.15, 0.2) is 0 Å².